The van der Waals surface area contributed by atoms with E-state index in [0.717, 1.165) is 25.2 Å². The van der Waals surface area contributed by atoms with Crippen molar-refractivity contribution in [2.24, 2.45) is 0 Å². The summed E-state index contributed by atoms with van der Waals surface area (Å²) in [7, 11) is 5.24. The number of rotatable bonds is 5. The van der Waals surface area contributed by atoms with E-state index in [9.17, 15) is 0 Å². The molecule has 1 aliphatic rings. The zero-order valence-corrected chi connectivity index (χ0v) is 13.7. The van der Waals surface area contributed by atoms with E-state index in [1.807, 2.05) is 19.2 Å². The molecule has 0 saturated carbocycles. The summed E-state index contributed by atoms with van der Waals surface area (Å²) in [6.45, 7) is 2.99. The van der Waals surface area contributed by atoms with Gasteiger partial charge in [0.2, 0.25) is 0 Å². The molecule has 4 nitrogen and oxygen atoms in total. The molecule has 20 heavy (non-hydrogen) atoms. The summed E-state index contributed by atoms with van der Waals surface area (Å²) in [5.41, 5.74) is 1.08. The van der Waals surface area contributed by atoms with Crippen molar-refractivity contribution >= 4 is 24.0 Å². The number of hydrogen-bond acceptors (Lipinski definition) is 4. The lowest BCUT2D eigenvalue weighted by atomic mass is 10.2. The topological polar surface area (TPSA) is 33.7 Å². The molecule has 0 aliphatic carbocycles. The van der Waals surface area contributed by atoms with Crippen molar-refractivity contribution in [2.75, 3.05) is 34.4 Å². The fourth-order valence-electron chi connectivity index (χ4n) is 2.50. The Kier molecular flexibility index (Phi) is 6.89. The molecule has 1 aromatic carbocycles. The number of nitrogens with one attached hydrogen (secondary N) is 1. The van der Waals surface area contributed by atoms with Gasteiger partial charge in [0.15, 0.2) is 11.5 Å². The molecule has 0 radical (unpaired) electrons. The molecule has 0 aromatic heterocycles. The summed E-state index contributed by atoms with van der Waals surface area (Å²) in [5.74, 6) is 1.29. The van der Waals surface area contributed by atoms with E-state index in [2.05, 4.69) is 10.2 Å². The second-order valence-electron chi connectivity index (χ2n) is 4.78. The molecule has 0 amide bonds. The smallest absolute Gasteiger partial charge is 0.179 e. The molecule has 1 fully saturated rings. The third-order valence-corrected chi connectivity index (χ3v) is 4.05. The predicted octanol–water partition coefficient (Wildman–Crippen LogP) is 2.57. The molecule has 6 heteroatoms. The lowest BCUT2D eigenvalue weighted by Crippen LogP contribution is -2.29. The van der Waals surface area contributed by atoms with Crippen LogP contribution in [0.5, 0.6) is 11.5 Å². The largest absolute Gasteiger partial charge is 0.493 e. The monoisotopic (exact) mass is 320 g/mol. The summed E-state index contributed by atoms with van der Waals surface area (Å²) in [5, 5.41) is 3.96. The minimum absolute atomic E-state index is 0. The van der Waals surface area contributed by atoms with Gasteiger partial charge in [-0.15, -0.1) is 12.4 Å². The first-order chi connectivity index (χ1) is 9.19. The van der Waals surface area contributed by atoms with Gasteiger partial charge in [0.1, 0.15) is 0 Å². The van der Waals surface area contributed by atoms with Gasteiger partial charge in [0.05, 0.1) is 19.2 Å². The quantitative estimate of drug-likeness (QED) is 0.904. The normalized spacial score (nSPS) is 18.7. The third-order valence-electron chi connectivity index (χ3n) is 3.64. The van der Waals surface area contributed by atoms with Crippen LogP contribution in [0.2, 0.25) is 5.02 Å². The Labute approximate surface area is 131 Å². The Bertz CT molecular complexity index is 443. The van der Waals surface area contributed by atoms with Gasteiger partial charge in [-0.3, -0.25) is 4.90 Å². The number of methoxy groups -OCH3 is 2. The van der Waals surface area contributed by atoms with Crippen LogP contribution in [-0.2, 0) is 6.54 Å². The Hall–Kier alpha value is -0.680. The number of likely N-dealkylation sites (tertiary alicyclic amines) is 1. The highest BCUT2D eigenvalue weighted by Gasteiger charge is 2.22. The highest BCUT2D eigenvalue weighted by Crippen LogP contribution is 2.37. The molecule has 1 aromatic rings. The van der Waals surface area contributed by atoms with Crippen molar-refractivity contribution in [1.82, 2.24) is 10.2 Å². The maximum Gasteiger partial charge on any atom is 0.179 e. The first kappa shape index (κ1) is 17.4. The van der Waals surface area contributed by atoms with Gasteiger partial charge < -0.3 is 14.8 Å². The fraction of sp³-hybridized carbons (Fsp3) is 0.571. The van der Waals surface area contributed by atoms with E-state index in [-0.39, 0.29) is 12.4 Å². The summed E-state index contributed by atoms with van der Waals surface area (Å²) in [6.07, 6.45) is 1.18. The molecule has 114 valence electrons. The summed E-state index contributed by atoms with van der Waals surface area (Å²) in [6, 6.07) is 4.50. The molecule has 1 unspecified atom stereocenters. The molecule has 1 aliphatic heterocycles. The van der Waals surface area contributed by atoms with Crippen LogP contribution in [0.3, 0.4) is 0 Å². The van der Waals surface area contributed by atoms with E-state index in [1.165, 1.54) is 6.42 Å². The van der Waals surface area contributed by atoms with Crippen LogP contribution in [0.15, 0.2) is 12.1 Å². The van der Waals surface area contributed by atoms with E-state index >= 15 is 0 Å². The summed E-state index contributed by atoms with van der Waals surface area (Å²) >= 11 is 6.39. The summed E-state index contributed by atoms with van der Waals surface area (Å²) in [4.78, 5) is 2.40. The van der Waals surface area contributed by atoms with Crippen molar-refractivity contribution < 1.29 is 9.47 Å². The van der Waals surface area contributed by atoms with Crippen LogP contribution in [0.25, 0.3) is 0 Å². The van der Waals surface area contributed by atoms with Gasteiger partial charge in [0.25, 0.3) is 0 Å². The van der Waals surface area contributed by atoms with Crippen LogP contribution in [-0.4, -0.2) is 45.3 Å². The lowest BCUT2D eigenvalue weighted by Gasteiger charge is -2.18. The van der Waals surface area contributed by atoms with Crippen LogP contribution >= 0.6 is 24.0 Å². The first-order valence-electron chi connectivity index (χ1n) is 6.48. The molecule has 1 atom stereocenters. The average Bonchev–Trinajstić information content (AvgIpc) is 2.88. The van der Waals surface area contributed by atoms with Crippen molar-refractivity contribution in [3.63, 3.8) is 0 Å². The highest BCUT2D eigenvalue weighted by atomic mass is 35.5. The highest BCUT2D eigenvalue weighted by molar-refractivity contribution is 6.33. The van der Waals surface area contributed by atoms with Crippen molar-refractivity contribution in [1.29, 1.82) is 0 Å². The van der Waals surface area contributed by atoms with Crippen molar-refractivity contribution in [3.05, 3.63) is 22.7 Å². The zero-order chi connectivity index (χ0) is 13.8. The van der Waals surface area contributed by atoms with Crippen LogP contribution in [0.1, 0.15) is 12.0 Å². The van der Waals surface area contributed by atoms with Gasteiger partial charge in [-0.05, 0) is 25.1 Å². The van der Waals surface area contributed by atoms with E-state index in [4.69, 9.17) is 21.1 Å². The molecular weight excluding hydrogens is 299 g/mol. The summed E-state index contributed by atoms with van der Waals surface area (Å²) < 4.78 is 10.6. The van der Waals surface area contributed by atoms with Crippen LogP contribution < -0.4 is 14.8 Å². The molecular formula is C14H22Cl2N2O2. The minimum Gasteiger partial charge on any atom is -0.493 e. The Morgan fingerprint density at radius 3 is 2.65 bits per heavy atom. The molecule has 1 N–H and O–H groups in total. The molecule has 1 heterocycles. The van der Waals surface area contributed by atoms with Crippen molar-refractivity contribution in [2.45, 2.75) is 19.0 Å². The third kappa shape index (κ3) is 3.70. The standard InChI is InChI=1S/C14H21ClN2O2.ClH/c1-16-11-6-7-17(9-11)8-10-4-5-12(18-2)14(19-3)13(10)15;/h4-5,11,16H,6-9H2,1-3H3;1H. The first-order valence-corrected chi connectivity index (χ1v) is 6.86. The fourth-order valence-corrected chi connectivity index (χ4v) is 2.80. The van der Waals surface area contributed by atoms with Crippen LogP contribution in [0.4, 0.5) is 0 Å². The molecule has 2 rings (SSSR count). The van der Waals surface area contributed by atoms with Crippen molar-refractivity contribution in [3.8, 4) is 11.5 Å². The second-order valence-corrected chi connectivity index (χ2v) is 5.16. The maximum absolute atomic E-state index is 6.39. The number of hydrogen-bond donors (Lipinski definition) is 1. The number of likely N-dealkylation sites (N-methyl/N-ethyl adjacent to an activating group) is 1. The van der Waals surface area contributed by atoms with Gasteiger partial charge >= 0.3 is 0 Å². The zero-order valence-electron chi connectivity index (χ0n) is 12.1. The van der Waals surface area contributed by atoms with E-state index in [0.29, 0.717) is 22.6 Å². The Morgan fingerprint density at radius 2 is 2.10 bits per heavy atom. The average molecular weight is 321 g/mol. The predicted molar refractivity (Wildman–Crippen MR) is 84.5 cm³/mol. The number of ether oxygens (including phenoxy) is 2. The molecule has 0 spiro atoms. The van der Waals surface area contributed by atoms with E-state index in [1.54, 1.807) is 14.2 Å². The second kappa shape index (κ2) is 7.93. The minimum atomic E-state index is 0. The van der Waals surface area contributed by atoms with Gasteiger partial charge in [-0.25, -0.2) is 0 Å². The number of nitrogens with zero attached hydrogens (tertiary/aromatic N) is 1. The number of benzene rings is 1. The van der Waals surface area contributed by atoms with Crippen LogP contribution in [0, 0.1) is 0 Å². The number of halogens is 2. The molecule has 0 bridgehead atoms. The SMILES string of the molecule is CNC1CCN(Cc2ccc(OC)c(OC)c2Cl)C1.Cl. The van der Waals surface area contributed by atoms with Gasteiger partial charge in [-0.1, -0.05) is 17.7 Å². The Morgan fingerprint density at radius 1 is 1.35 bits per heavy atom. The van der Waals surface area contributed by atoms with Gasteiger partial charge in [0, 0.05) is 25.7 Å². The Balaban J connectivity index is 0.00000200. The van der Waals surface area contributed by atoms with Gasteiger partial charge in [-0.2, -0.15) is 0 Å². The molecule has 1 saturated heterocycles. The lowest BCUT2D eigenvalue weighted by molar-refractivity contribution is 0.319. The van der Waals surface area contributed by atoms with E-state index < -0.39 is 0 Å². The maximum atomic E-state index is 6.39.